The number of hydrogen-bond donors (Lipinski definition) is 2. The molecule has 1 unspecified atom stereocenters. The molecule has 0 aromatic carbocycles. The van der Waals surface area contributed by atoms with Crippen molar-refractivity contribution in [2.24, 2.45) is 12.8 Å². The van der Waals surface area contributed by atoms with E-state index in [0.29, 0.717) is 18.7 Å². The summed E-state index contributed by atoms with van der Waals surface area (Å²) in [6.45, 7) is 2.59. The molecule has 1 aromatic rings. The van der Waals surface area contributed by atoms with Crippen molar-refractivity contribution in [3.8, 4) is 0 Å². The Hall–Kier alpha value is -1.40. The molecule has 0 fully saturated rings. The van der Waals surface area contributed by atoms with Crippen LogP contribution in [0.2, 0.25) is 0 Å². The number of aryl methyl sites for hydroxylation is 1. The fourth-order valence-electron chi connectivity index (χ4n) is 1.35. The molecule has 1 aromatic heterocycles. The van der Waals surface area contributed by atoms with Gasteiger partial charge in [0.2, 0.25) is 0 Å². The van der Waals surface area contributed by atoms with Gasteiger partial charge in [0.1, 0.15) is 0 Å². The Morgan fingerprint density at radius 1 is 1.75 bits per heavy atom. The molecule has 0 aliphatic carbocycles. The second-order valence-electron chi connectivity index (χ2n) is 3.63. The largest absolute Gasteiger partial charge is 0.383 e. The zero-order chi connectivity index (χ0) is 12.1. The Morgan fingerprint density at radius 3 is 2.88 bits per heavy atom. The van der Waals surface area contributed by atoms with Gasteiger partial charge in [-0.1, -0.05) is 0 Å². The van der Waals surface area contributed by atoms with E-state index in [2.05, 4.69) is 10.4 Å². The first kappa shape index (κ1) is 12.7. The van der Waals surface area contributed by atoms with Crippen molar-refractivity contribution in [1.29, 1.82) is 0 Å². The van der Waals surface area contributed by atoms with E-state index >= 15 is 0 Å². The lowest BCUT2D eigenvalue weighted by atomic mass is 10.2. The van der Waals surface area contributed by atoms with Crippen LogP contribution in [0, 0.1) is 6.92 Å². The normalized spacial score (nSPS) is 12.5. The molecular weight excluding hydrogens is 208 g/mol. The number of nitrogens with zero attached hydrogens (tertiary/aromatic N) is 2. The number of rotatable bonds is 5. The van der Waals surface area contributed by atoms with Gasteiger partial charge in [0.25, 0.3) is 5.91 Å². The molecule has 1 rings (SSSR count). The fourth-order valence-corrected chi connectivity index (χ4v) is 1.35. The van der Waals surface area contributed by atoms with Crippen LogP contribution in [-0.4, -0.2) is 42.0 Å². The maximum absolute atomic E-state index is 11.8. The minimum atomic E-state index is -0.169. The summed E-state index contributed by atoms with van der Waals surface area (Å²) in [5, 5.41) is 6.81. The molecule has 0 saturated carbocycles. The zero-order valence-corrected chi connectivity index (χ0v) is 9.86. The molecule has 0 aliphatic heterocycles. The number of aromatic nitrogens is 2. The first-order valence-electron chi connectivity index (χ1n) is 5.08. The molecule has 6 nitrogen and oxygen atoms in total. The maximum Gasteiger partial charge on any atom is 0.255 e. The Balaban J connectivity index is 2.68. The first-order chi connectivity index (χ1) is 7.60. The Kier molecular flexibility index (Phi) is 4.45. The molecule has 1 amide bonds. The lowest BCUT2D eigenvalue weighted by molar-refractivity contribution is 0.0900. The van der Waals surface area contributed by atoms with Crippen LogP contribution in [0.4, 0.5) is 0 Å². The van der Waals surface area contributed by atoms with Crippen LogP contribution in [0.15, 0.2) is 6.20 Å². The van der Waals surface area contributed by atoms with Gasteiger partial charge in [0.05, 0.1) is 24.4 Å². The third-order valence-electron chi connectivity index (χ3n) is 2.47. The van der Waals surface area contributed by atoms with Crippen LogP contribution in [0.5, 0.6) is 0 Å². The molecule has 0 aliphatic rings. The summed E-state index contributed by atoms with van der Waals surface area (Å²) in [5.41, 5.74) is 6.90. The topological polar surface area (TPSA) is 82.2 Å². The number of hydrogen-bond acceptors (Lipinski definition) is 4. The van der Waals surface area contributed by atoms with Crippen molar-refractivity contribution >= 4 is 5.91 Å². The van der Waals surface area contributed by atoms with E-state index in [0.717, 1.165) is 5.69 Å². The molecule has 0 spiro atoms. The van der Waals surface area contributed by atoms with E-state index in [1.54, 1.807) is 25.0 Å². The highest BCUT2D eigenvalue weighted by molar-refractivity contribution is 5.95. The average Bonchev–Trinajstić information content (AvgIpc) is 2.59. The third-order valence-corrected chi connectivity index (χ3v) is 2.47. The van der Waals surface area contributed by atoms with Gasteiger partial charge in [-0.25, -0.2) is 0 Å². The second-order valence-corrected chi connectivity index (χ2v) is 3.63. The van der Waals surface area contributed by atoms with Crippen molar-refractivity contribution in [3.05, 3.63) is 17.5 Å². The van der Waals surface area contributed by atoms with Crippen molar-refractivity contribution in [1.82, 2.24) is 15.1 Å². The van der Waals surface area contributed by atoms with Gasteiger partial charge in [-0.15, -0.1) is 0 Å². The van der Waals surface area contributed by atoms with Crippen molar-refractivity contribution < 1.29 is 9.53 Å². The number of carbonyl (C=O) groups excluding carboxylic acids is 1. The van der Waals surface area contributed by atoms with Crippen LogP contribution in [-0.2, 0) is 11.8 Å². The van der Waals surface area contributed by atoms with E-state index in [-0.39, 0.29) is 11.9 Å². The molecule has 0 radical (unpaired) electrons. The SMILES string of the molecule is COCC(CN)NC(=O)c1cnn(C)c1C. The highest BCUT2D eigenvalue weighted by atomic mass is 16.5. The van der Waals surface area contributed by atoms with Crippen LogP contribution < -0.4 is 11.1 Å². The molecule has 1 heterocycles. The lowest BCUT2D eigenvalue weighted by Gasteiger charge is -2.15. The summed E-state index contributed by atoms with van der Waals surface area (Å²) in [4.78, 5) is 11.8. The summed E-state index contributed by atoms with van der Waals surface area (Å²) in [6, 6.07) is -0.169. The standard InChI is InChI=1S/C10H18N4O2/c1-7-9(5-12-14(7)2)10(15)13-8(4-11)6-16-3/h5,8H,4,6,11H2,1-3H3,(H,13,15). The average molecular weight is 226 g/mol. The van der Waals surface area contributed by atoms with E-state index in [9.17, 15) is 4.79 Å². The molecular formula is C10H18N4O2. The molecule has 3 N–H and O–H groups in total. The van der Waals surface area contributed by atoms with Crippen molar-refractivity contribution in [2.45, 2.75) is 13.0 Å². The van der Waals surface area contributed by atoms with Crippen LogP contribution in [0.25, 0.3) is 0 Å². The van der Waals surface area contributed by atoms with Gasteiger partial charge in [-0.3, -0.25) is 9.48 Å². The number of nitrogens with one attached hydrogen (secondary N) is 1. The smallest absolute Gasteiger partial charge is 0.255 e. The van der Waals surface area contributed by atoms with E-state index in [4.69, 9.17) is 10.5 Å². The minimum Gasteiger partial charge on any atom is -0.383 e. The highest BCUT2D eigenvalue weighted by Crippen LogP contribution is 2.05. The van der Waals surface area contributed by atoms with Gasteiger partial charge in [-0.05, 0) is 6.92 Å². The predicted octanol–water partition coefficient (Wildman–Crippen LogP) is -0.568. The van der Waals surface area contributed by atoms with Crippen molar-refractivity contribution in [3.63, 3.8) is 0 Å². The Bertz CT molecular complexity index is 362. The van der Waals surface area contributed by atoms with Gasteiger partial charge < -0.3 is 15.8 Å². The zero-order valence-electron chi connectivity index (χ0n) is 9.86. The summed E-state index contributed by atoms with van der Waals surface area (Å²) in [5.74, 6) is -0.168. The minimum absolute atomic E-state index is 0.168. The van der Waals surface area contributed by atoms with Gasteiger partial charge in [-0.2, -0.15) is 5.10 Å². The summed E-state index contributed by atoms with van der Waals surface area (Å²) >= 11 is 0. The molecule has 6 heteroatoms. The van der Waals surface area contributed by atoms with Crippen LogP contribution in [0.3, 0.4) is 0 Å². The highest BCUT2D eigenvalue weighted by Gasteiger charge is 2.16. The predicted molar refractivity (Wildman–Crippen MR) is 60.1 cm³/mol. The molecule has 0 saturated heterocycles. The summed E-state index contributed by atoms with van der Waals surface area (Å²) < 4.78 is 6.61. The van der Waals surface area contributed by atoms with Crippen LogP contribution in [0.1, 0.15) is 16.1 Å². The van der Waals surface area contributed by atoms with E-state index in [1.807, 2.05) is 6.92 Å². The summed E-state index contributed by atoms with van der Waals surface area (Å²) in [7, 11) is 3.37. The molecule has 1 atom stereocenters. The maximum atomic E-state index is 11.8. The second kappa shape index (κ2) is 5.62. The number of carbonyl (C=O) groups is 1. The van der Waals surface area contributed by atoms with Gasteiger partial charge in [0.15, 0.2) is 0 Å². The summed E-state index contributed by atoms with van der Waals surface area (Å²) in [6.07, 6.45) is 1.55. The van der Waals surface area contributed by atoms with E-state index < -0.39 is 0 Å². The molecule has 90 valence electrons. The molecule has 0 bridgehead atoms. The van der Waals surface area contributed by atoms with E-state index in [1.165, 1.54) is 0 Å². The number of amides is 1. The van der Waals surface area contributed by atoms with Crippen LogP contribution >= 0.6 is 0 Å². The van der Waals surface area contributed by atoms with Gasteiger partial charge in [0, 0.05) is 26.4 Å². The number of nitrogens with two attached hydrogens (primary N) is 1. The number of ether oxygens (including phenoxy) is 1. The quantitative estimate of drug-likeness (QED) is 0.704. The number of methoxy groups -OCH3 is 1. The van der Waals surface area contributed by atoms with Gasteiger partial charge >= 0.3 is 0 Å². The van der Waals surface area contributed by atoms with Crippen molar-refractivity contribution in [2.75, 3.05) is 20.3 Å². The third kappa shape index (κ3) is 2.80. The monoisotopic (exact) mass is 226 g/mol. The fraction of sp³-hybridized carbons (Fsp3) is 0.600. The Labute approximate surface area is 94.8 Å². The molecule has 16 heavy (non-hydrogen) atoms. The first-order valence-corrected chi connectivity index (χ1v) is 5.08. The lowest BCUT2D eigenvalue weighted by Crippen LogP contribution is -2.43. The Morgan fingerprint density at radius 2 is 2.44 bits per heavy atom.